The number of aromatic nitrogens is 3. The van der Waals surface area contributed by atoms with E-state index in [0.717, 1.165) is 12.2 Å². The zero-order valence-electron chi connectivity index (χ0n) is 11.2. The van der Waals surface area contributed by atoms with E-state index in [1.165, 1.54) is 32.1 Å². The molecule has 1 N–H and O–H groups in total. The average Bonchev–Trinajstić information content (AvgIpc) is 2.76. The van der Waals surface area contributed by atoms with Crippen LogP contribution in [0.25, 0.3) is 0 Å². The van der Waals surface area contributed by atoms with Gasteiger partial charge in [-0.2, -0.15) is 0 Å². The number of rotatable bonds is 3. The van der Waals surface area contributed by atoms with Gasteiger partial charge in [-0.15, -0.1) is 5.10 Å². The van der Waals surface area contributed by atoms with E-state index in [0.29, 0.717) is 6.04 Å². The van der Waals surface area contributed by atoms with E-state index in [9.17, 15) is 0 Å². The summed E-state index contributed by atoms with van der Waals surface area (Å²) in [6.45, 7) is 7.26. The molecule has 1 aliphatic rings. The van der Waals surface area contributed by atoms with Crippen molar-refractivity contribution in [3.05, 3.63) is 11.9 Å². The van der Waals surface area contributed by atoms with Crippen LogP contribution >= 0.6 is 0 Å². The van der Waals surface area contributed by atoms with E-state index in [1.807, 2.05) is 4.68 Å². The summed E-state index contributed by atoms with van der Waals surface area (Å²) >= 11 is 0. The monoisotopic (exact) mass is 236 g/mol. The Labute approximate surface area is 104 Å². The lowest BCUT2D eigenvalue weighted by Crippen LogP contribution is -2.30. The minimum atomic E-state index is 0.0239. The fraction of sp³-hybridized carbons (Fsp3) is 0.846. The summed E-state index contributed by atoms with van der Waals surface area (Å²) < 4.78 is 1.94. The Morgan fingerprint density at radius 1 is 1.29 bits per heavy atom. The summed E-state index contributed by atoms with van der Waals surface area (Å²) in [6, 6.07) is 0.684. The van der Waals surface area contributed by atoms with Crippen molar-refractivity contribution in [3.8, 4) is 0 Å². The molecule has 0 radical (unpaired) electrons. The third kappa shape index (κ3) is 3.53. The number of hydrogen-bond acceptors (Lipinski definition) is 3. The molecular formula is C13H24N4. The molecule has 0 aliphatic heterocycles. The normalized spacial score (nSPS) is 18.5. The predicted molar refractivity (Wildman–Crippen MR) is 68.7 cm³/mol. The third-order valence-electron chi connectivity index (χ3n) is 3.41. The number of nitrogens with zero attached hydrogens (tertiary/aromatic N) is 3. The van der Waals surface area contributed by atoms with Crippen LogP contribution in [0.2, 0.25) is 0 Å². The minimum absolute atomic E-state index is 0.0239. The molecule has 0 atom stereocenters. The molecule has 0 aromatic carbocycles. The lowest BCUT2D eigenvalue weighted by molar-refractivity contribution is 0.346. The minimum Gasteiger partial charge on any atom is -0.308 e. The van der Waals surface area contributed by atoms with Gasteiger partial charge < -0.3 is 5.32 Å². The van der Waals surface area contributed by atoms with Crippen molar-refractivity contribution < 1.29 is 0 Å². The molecule has 1 heterocycles. The van der Waals surface area contributed by atoms with Crippen molar-refractivity contribution in [2.75, 3.05) is 0 Å². The topological polar surface area (TPSA) is 42.7 Å². The maximum Gasteiger partial charge on any atom is 0.0965 e. The second kappa shape index (κ2) is 5.17. The molecule has 1 aromatic rings. The molecule has 1 aromatic heterocycles. The lowest BCUT2D eigenvalue weighted by atomic mass is 9.95. The molecule has 0 bridgehead atoms. The van der Waals surface area contributed by atoms with Crippen LogP contribution in [0.3, 0.4) is 0 Å². The molecule has 96 valence electrons. The molecule has 1 saturated carbocycles. The highest BCUT2D eigenvalue weighted by Gasteiger charge is 2.16. The Hall–Kier alpha value is -0.900. The summed E-state index contributed by atoms with van der Waals surface area (Å²) in [4.78, 5) is 0. The zero-order valence-corrected chi connectivity index (χ0v) is 11.2. The van der Waals surface area contributed by atoms with E-state index in [4.69, 9.17) is 0 Å². The van der Waals surface area contributed by atoms with Crippen LogP contribution < -0.4 is 5.32 Å². The zero-order chi connectivity index (χ0) is 12.3. The van der Waals surface area contributed by atoms with Gasteiger partial charge in [-0.3, -0.25) is 0 Å². The average molecular weight is 236 g/mol. The summed E-state index contributed by atoms with van der Waals surface area (Å²) in [6.07, 6.45) is 8.81. The Morgan fingerprint density at radius 3 is 2.59 bits per heavy atom. The van der Waals surface area contributed by atoms with Gasteiger partial charge in [0.1, 0.15) is 0 Å². The maximum atomic E-state index is 4.22. The second-order valence-corrected chi connectivity index (χ2v) is 6.04. The van der Waals surface area contributed by atoms with Crippen molar-refractivity contribution in [2.24, 2.45) is 0 Å². The van der Waals surface area contributed by atoms with Crippen molar-refractivity contribution in [3.63, 3.8) is 0 Å². The first-order valence-electron chi connectivity index (χ1n) is 6.71. The van der Waals surface area contributed by atoms with Crippen LogP contribution in [0, 0.1) is 0 Å². The molecule has 4 nitrogen and oxygen atoms in total. The van der Waals surface area contributed by atoms with Gasteiger partial charge in [0.25, 0.3) is 0 Å². The molecule has 0 saturated heterocycles. The van der Waals surface area contributed by atoms with Gasteiger partial charge in [-0.1, -0.05) is 24.5 Å². The molecule has 1 aliphatic carbocycles. The van der Waals surface area contributed by atoms with Crippen LogP contribution in [0.1, 0.15) is 58.6 Å². The van der Waals surface area contributed by atoms with Gasteiger partial charge in [-0.05, 0) is 33.6 Å². The van der Waals surface area contributed by atoms with E-state index < -0.39 is 0 Å². The third-order valence-corrected chi connectivity index (χ3v) is 3.41. The Morgan fingerprint density at radius 2 is 2.00 bits per heavy atom. The molecule has 0 unspecified atom stereocenters. The van der Waals surface area contributed by atoms with Gasteiger partial charge in [0, 0.05) is 12.6 Å². The van der Waals surface area contributed by atoms with E-state index in [2.05, 4.69) is 42.6 Å². The Balaban J connectivity index is 1.84. The lowest BCUT2D eigenvalue weighted by Gasteiger charge is -2.22. The van der Waals surface area contributed by atoms with E-state index in [-0.39, 0.29) is 5.54 Å². The SMILES string of the molecule is CC(C)(C)n1cc(CNC2CCCCC2)nn1. The highest BCUT2D eigenvalue weighted by molar-refractivity contribution is 4.94. The summed E-state index contributed by atoms with van der Waals surface area (Å²) in [7, 11) is 0. The van der Waals surface area contributed by atoms with Crippen molar-refractivity contribution >= 4 is 0 Å². The van der Waals surface area contributed by atoms with Crippen molar-refractivity contribution in [2.45, 2.75) is 71.0 Å². The van der Waals surface area contributed by atoms with E-state index >= 15 is 0 Å². The van der Waals surface area contributed by atoms with Gasteiger partial charge in [0.15, 0.2) is 0 Å². The second-order valence-electron chi connectivity index (χ2n) is 6.04. The molecular weight excluding hydrogens is 212 g/mol. The number of nitrogens with one attached hydrogen (secondary N) is 1. The summed E-state index contributed by atoms with van der Waals surface area (Å²) in [5.41, 5.74) is 1.07. The summed E-state index contributed by atoms with van der Waals surface area (Å²) in [5.74, 6) is 0. The standard InChI is InChI=1S/C13H24N4/c1-13(2,3)17-10-12(15-16-17)9-14-11-7-5-4-6-8-11/h10-11,14H,4-9H2,1-3H3. The first kappa shape index (κ1) is 12.6. The van der Waals surface area contributed by atoms with Gasteiger partial charge in [0.05, 0.1) is 17.4 Å². The van der Waals surface area contributed by atoms with Crippen LogP contribution in [0.15, 0.2) is 6.20 Å². The first-order valence-corrected chi connectivity index (χ1v) is 6.71. The summed E-state index contributed by atoms with van der Waals surface area (Å²) in [5, 5.41) is 12.0. The Kier molecular flexibility index (Phi) is 3.82. The van der Waals surface area contributed by atoms with Gasteiger partial charge >= 0.3 is 0 Å². The highest BCUT2D eigenvalue weighted by Crippen LogP contribution is 2.18. The molecule has 17 heavy (non-hydrogen) atoms. The fourth-order valence-electron chi connectivity index (χ4n) is 2.26. The first-order chi connectivity index (χ1) is 8.05. The Bertz CT molecular complexity index is 345. The molecule has 2 rings (SSSR count). The largest absolute Gasteiger partial charge is 0.308 e. The molecule has 0 spiro atoms. The predicted octanol–water partition coefficient (Wildman–Crippen LogP) is 2.46. The quantitative estimate of drug-likeness (QED) is 0.876. The van der Waals surface area contributed by atoms with Crippen molar-refractivity contribution in [1.29, 1.82) is 0 Å². The van der Waals surface area contributed by atoms with E-state index in [1.54, 1.807) is 0 Å². The smallest absolute Gasteiger partial charge is 0.0965 e. The van der Waals surface area contributed by atoms with Gasteiger partial charge in [-0.25, -0.2) is 4.68 Å². The van der Waals surface area contributed by atoms with Gasteiger partial charge in [0.2, 0.25) is 0 Å². The van der Waals surface area contributed by atoms with Crippen LogP contribution in [0.4, 0.5) is 0 Å². The van der Waals surface area contributed by atoms with Crippen LogP contribution in [0.5, 0.6) is 0 Å². The fourth-order valence-corrected chi connectivity index (χ4v) is 2.26. The molecule has 0 amide bonds. The molecule has 4 heteroatoms. The van der Waals surface area contributed by atoms with Crippen LogP contribution in [-0.2, 0) is 12.1 Å². The number of hydrogen-bond donors (Lipinski definition) is 1. The highest BCUT2D eigenvalue weighted by atomic mass is 15.4. The maximum absolute atomic E-state index is 4.22. The van der Waals surface area contributed by atoms with Crippen LogP contribution in [-0.4, -0.2) is 21.0 Å². The van der Waals surface area contributed by atoms with Crippen molar-refractivity contribution in [1.82, 2.24) is 20.3 Å². The molecule has 1 fully saturated rings.